The number of rotatable bonds is 6. The molecule has 2 heterocycles. The van der Waals surface area contributed by atoms with Crippen molar-refractivity contribution in [3.8, 4) is 11.3 Å². The second-order valence-electron chi connectivity index (χ2n) is 7.79. The third-order valence-corrected chi connectivity index (χ3v) is 5.75. The molecule has 31 heavy (non-hydrogen) atoms. The molecule has 1 aliphatic rings. The third-order valence-electron chi connectivity index (χ3n) is 5.75. The number of nitrogens with zero attached hydrogens (tertiary/aromatic N) is 4. The molecule has 0 aliphatic carbocycles. The predicted octanol–water partition coefficient (Wildman–Crippen LogP) is 2.97. The number of piperazine rings is 1. The number of aromatic nitrogens is 2. The van der Waals surface area contributed by atoms with Crippen molar-refractivity contribution in [2.24, 2.45) is 7.05 Å². The van der Waals surface area contributed by atoms with Crippen LogP contribution in [0.2, 0.25) is 0 Å². The van der Waals surface area contributed by atoms with Crippen molar-refractivity contribution in [3.63, 3.8) is 0 Å². The van der Waals surface area contributed by atoms with E-state index in [0.29, 0.717) is 38.4 Å². The van der Waals surface area contributed by atoms with E-state index < -0.39 is 0 Å². The molecular weight excluding hydrogens is 395 g/mol. The molecule has 6 nitrogen and oxygen atoms in total. The number of halogens is 1. The van der Waals surface area contributed by atoms with E-state index in [1.807, 2.05) is 43.4 Å². The minimum atomic E-state index is -0.314. The Hall–Kier alpha value is -3.32. The molecule has 1 amide bonds. The molecule has 0 N–H and O–H groups in total. The van der Waals surface area contributed by atoms with Gasteiger partial charge in [0.2, 0.25) is 0 Å². The van der Waals surface area contributed by atoms with Gasteiger partial charge in [-0.2, -0.15) is 5.10 Å². The Kier molecular flexibility index (Phi) is 6.23. The molecule has 3 aromatic rings. The van der Waals surface area contributed by atoms with Crippen LogP contribution in [0, 0.1) is 5.82 Å². The summed E-state index contributed by atoms with van der Waals surface area (Å²) in [5.74, 6) is -0.708. The molecule has 0 radical (unpaired) electrons. The summed E-state index contributed by atoms with van der Waals surface area (Å²) in [5, 5.41) is 4.42. The lowest BCUT2D eigenvalue weighted by molar-refractivity contribution is -0.109. The molecule has 0 bridgehead atoms. The Morgan fingerprint density at radius 3 is 2.39 bits per heavy atom. The molecule has 4 rings (SSSR count). The molecule has 1 unspecified atom stereocenters. The minimum absolute atomic E-state index is 0.0806. The summed E-state index contributed by atoms with van der Waals surface area (Å²) in [6.07, 6.45) is 0.907. The maximum Gasteiger partial charge on any atom is 0.274 e. The van der Waals surface area contributed by atoms with Gasteiger partial charge in [-0.05, 0) is 29.3 Å². The number of aryl methyl sites for hydroxylation is 1. The van der Waals surface area contributed by atoms with Gasteiger partial charge in [0.25, 0.3) is 5.91 Å². The normalized spacial score (nSPS) is 15.6. The van der Waals surface area contributed by atoms with Crippen molar-refractivity contribution < 1.29 is 14.0 Å². The summed E-state index contributed by atoms with van der Waals surface area (Å²) in [5.41, 5.74) is 3.15. The van der Waals surface area contributed by atoms with Gasteiger partial charge in [-0.1, -0.05) is 42.5 Å². The molecule has 0 saturated carbocycles. The van der Waals surface area contributed by atoms with Gasteiger partial charge in [0.1, 0.15) is 12.1 Å². The van der Waals surface area contributed by atoms with Crippen molar-refractivity contribution >= 4 is 12.2 Å². The van der Waals surface area contributed by atoms with Crippen LogP contribution in [0.4, 0.5) is 4.39 Å². The van der Waals surface area contributed by atoms with Crippen molar-refractivity contribution in [1.29, 1.82) is 0 Å². The minimum Gasteiger partial charge on any atom is -0.335 e. The topological polar surface area (TPSA) is 58.4 Å². The zero-order valence-corrected chi connectivity index (χ0v) is 17.4. The highest BCUT2D eigenvalue weighted by Gasteiger charge is 2.26. The van der Waals surface area contributed by atoms with Gasteiger partial charge in [0.05, 0.1) is 11.6 Å². The number of hydrogen-bond acceptors (Lipinski definition) is 4. The zero-order chi connectivity index (χ0) is 21.8. The van der Waals surface area contributed by atoms with E-state index in [1.54, 1.807) is 21.7 Å². The van der Waals surface area contributed by atoms with Crippen molar-refractivity contribution in [2.75, 3.05) is 32.7 Å². The fourth-order valence-corrected chi connectivity index (χ4v) is 3.96. The van der Waals surface area contributed by atoms with Crippen LogP contribution in [-0.2, 0) is 11.8 Å². The Morgan fingerprint density at radius 2 is 1.74 bits per heavy atom. The van der Waals surface area contributed by atoms with Crippen molar-refractivity contribution in [1.82, 2.24) is 19.6 Å². The number of hydrogen-bond donors (Lipinski definition) is 0. The number of benzene rings is 2. The highest BCUT2D eigenvalue weighted by atomic mass is 19.1. The van der Waals surface area contributed by atoms with Crippen molar-refractivity contribution in [3.05, 3.63) is 77.7 Å². The van der Waals surface area contributed by atoms with E-state index >= 15 is 0 Å². The van der Waals surface area contributed by atoms with E-state index in [4.69, 9.17) is 0 Å². The van der Waals surface area contributed by atoms with E-state index in [2.05, 4.69) is 10.00 Å². The van der Waals surface area contributed by atoms with E-state index in [1.165, 1.54) is 12.1 Å². The predicted molar refractivity (Wildman–Crippen MR) is 116 cm³/mol. The fraction of sp³-hybridized carbons (Fsp3) is 0.292. The highest BCUT2D eigenvalue weighted by molar-refractivity contribution is 5.93. The molecule has 1 saturated heterocycles. The second kappa shape index (κ2) is 9.22. The number of carbonyl (C=O) groups is 2. The highest BCUT2D eigenvalue weighted by Crippen LogP contribution is 2.21. The zero-order valence-electron chi connectivity index (χ0n) is 17.4. The second-order valence-corrected chi connectivity index (χ2v) is 7.79. The van der Waals surface area contributed by atoms with Crippen LogP contribution in [0.1, 0.15) is 22.0 Å². The fourth-order valence-electron chi connectivity index (χ4n) is 3.96. The first-order valence-electron chi connectivity index (χ1n) is 10.4. The van der Waals surface area contributed by atoms with Gasteiger partial charge in [-0.25, -0.2) is 4.39 Å². The Labute approximate surface area is 180 Å². The third kappa shape index (κ3) is 4.72. The van der Waals surface area contributed by atoms with Gasteiger partial charge < -0.3 is 9.69 Å². The quantitative estimate of drug-likeness (QED) is 0.576. The maximum absolute atomic E-state index is 13.2. The van der Waals surface area contributed by atoms with E-state index in [-0.39, 0.29) is 17.6 Å². The number of aldehydes is 1. The molecular formula is C24H25FN4O2. The first kappa shape index (κ1) is 20.9. The molecule has 0 spiro atoms. The Bertz CT molecular complexity index is 1040. The summed E-state index contributed by atoms with van der Waals surface area (Å²) in [6, 6.07) is 17.8. The first-order valence-corrected chi connectivity index (χ1v) is 10.4. The lowest BCUT2D eigenvalue weighted by atomic mass is 9.99. The summed E-state index contributed by atoms with van der Waals surface area (Å²) in [6.45, 7) is 3.06. The van der Waals surface area contributed by atoms with Crippen LogP contribution in [-0.4, -0.2) is 64.5 Å². The van der Waals surface area contributed by atoms with Crippen LogP contribution in [0.15, 0.2) is 60.7 Å². The summed E-state index contributed by atoms with van der Waals surface area (Å²) >= 11 is 0. The molecule has 1 aliphatic heterocycles. The van der Waals surface area contributed by atoms with Crippen molar-refractivity contribution in [2.45, 2.75) is 5.92 Å². The van der Waals surface area contributed by atoms with E-state index in [0.717, 1.165) is 23.1 Å². The monoisotopic (exact) mass is 420 g/mol. The average Bonchev–Trinajstić information content (AvgIpc) is 3.20. The largest absolute Gasteiger partial charge is 0.335 e. The number of carbonyl (C=O) groups excluding carboxylic acids is 2. The lowest BCUT2D eigenvalue weighted by Crippen LogP contribution is -2.49. The van der Waals surface area contributed by atoms with Crippen LogP contribution < -0.4 is 0 Å². The van der Waals surface area contributed by atoms with Gasteiger partial charge in [0, 0.05) is 39.8 Å². The van der Waals surface area contributed by atoms with Gasteiger partial charge in [-0.15, -0.1) is 0 Å². The Morgan fingerprint density at radius 1 is 1.06 bits per heavy atom. The maximum atomic E-state index is 13.2. The molecule has 1 aromatic heterocycles. The van der Waals surface area contributed by atoms with E-state index in [9.17, 15) is 14.0 Å². The van der Waals surface area contributed by atoms with Crippen LogP contribution in [0.5, 0.6) is 0 Å². The van der Waals surface area contributed by atoms with Gasteiger partial charge in [0.15, 0.2) is 5.69 Å². The summed E-state index contributed by atoms with van der Waals surface area (Å²) in [4.78, 5) is 28.5. The molecule has 160 valence electrons. The molecule has 7 heteroatoms. The van der Waals surface area contributed by atoms with Crippen LogP contribution in [0.25, 0.3) is 11.3 Å². The Balaban J connectivity index is 1.37. The lowest BCUT2D eigenvalue weighted by Gasteiger charge is -2.35. The van der Waals surface area contributed by atoms with Gasteiger partial charge in [-0.3, -0.25) is 14.4 Å². The average molecular weight is 420 g/mol. The first-order chi connectivity index (χ1) is 15.0. The van der Waals surface area contributed by atoms with Crippen LogP contribution in [0.3, 0.4) is 0 Å². The smallest absolute Gasteiger partial charge is 0.274 e. The van der Waals surface area contributed by atoms with Gasteiger partial charge >= 0.3 is 0 Å². The molecule has 1 fully saturated rings. The van der Waals surface area contributed by atoms with Crippen LogP contribution >= 0.6 is 0 Å². The molecule has 1 atom stereocenters. The summed E-state index contributed by atoms with van der Waals surface area (Å²) < 4.78 is 14.9. The SMILES string of the molecule is Cn1nc(C(=O)N2CCN(CC(C=O)c3ccc(F)cc3)CC2)cc1-c1ccccc1. The molecule has 2 aromatic carbocycles. The standard InChI is InChI=1S/C24H25FN4O2/c1-27-23(19-5-3-2-4-6-19)15-22(26-27)24(31)29-13-11-28(12-14-29)16-20(17-30)18-7-9-21(25)10-8-18/h2-10,15,17,20H,11-14,16H2,1H3. The summed E-state index contributed by atoms with van der Waals surface area (Å²) in [7, 11) is 1.84. The number of amides is 1.